The van der Waals surface area contributed by atoms with Crippen LogP contribution >= 0.6 is 0 Å². The molecule has 0 rings (SSSR count). The first-order valence-corrected chi connectivity index (χ1v) is 3.14. The summed E-state index contributed by atoms with van der Waals surface area (Å²) in [5.41, 5.74) is 3.02. The first-order chi connectivity index (χ1) is 4.70. The second-order valence-electron chi connectivity index (χ2n) is 1.66. The van der Waals surface area contributed by atoms with Crippen molar-refractivity contribution in [3.63, 3.8) is 0 Å². The van der Waals surface area contributed by atoms with E-state index in [0.29, 0.717) is 0 Å². The highest BCUT2D eigenvalue weighted by Crippen LogP contribution is 1.83. The number of carbonyl (C=O) groups excluding carboxylic acids is 2. The summed E-state index contributed by atoms with van der Waals surface area (Å²) in [5.74, 6) is -0.899. The van der Waals surface area contributed by atoms with Crippen LogP contribution < -0.4 is 5.48 Å². The average Bonchev–Trinajstić information content (AvgIpc) is 1.99. The van der Waals surface area contributed by atoms with E-state index in [1.54, 1.807) is 13.8 Å². The van der Waals surface area contributed by atoms with E-state index in [9.17, 15) is 9.59 Å². The molecule has 0 N–H and O–H groups in total. The predicted octanol–water partition coefficient (Wildman–Crippen LogP) is 0.396. The molecule has 0 aliphatic heterocycles. The van der Waals surface area contributed by atoms with E-state index in [2.05, 4.69) is 10.3 Å². The van der Waals surface area contributed by atoms with Crippen LogP contribution in [0.5, 0.6) is 0 Å². The number of hydrogen-bond acceptors (Lipinski definition) is 3. The minimum absolute atomic E-state index is 0.237. The largest absolute Gasteiger partial charge is 0.334 e. The second-order valence-corrected chi connectivity index (χ2v) is 1.66. The Morgan fingerprint density at radius 1 is 1.30 bits per heavy atom. The zero-order chi connectivity index (χ0) is 7.98. The third-order valence-electron chi connectivity index (χ3n) is 0.840. The predicted molar refractivity (Wildman–Crippen MR) is 33.8 cm³/mol. The molecule has 1 amide bonds. The highest BCUT2D eigenvalue weighted by Gasteiger charge is 2.03. The minimum Gasteiger partial charge on any atom is -0.315 e. The van der Waals surface area contributed by atoms with Gasteiger partial charge >= 0.3 is 5.97 Å². The summed E-state index contributed by atoms with van der Waals surface area (Å²) in [6.45, 7) is 3.28. The maximum Gasteiger partial charge on any atom is 0.334 e. The van der Waals surface area contributed by atoms with Gasteiger partial charge in [0.15, 0.2) is 0 Å². The van der Waals surface area contributed by atoms with Gasteiger partial charge in [0.2, 0.25) is 0 Å². The first kappa shape index (κ1) is 8.94. The second kappa shape index (κ2) is 4.78. The lowest BCUT2D eigenvalue weighted by Crippen LogP contribution is -2.18. The van der Waals surface area contributed by atoms with Gasteiger partial charge in [-0.3, -0.25) is 4.79 Å². The third kappa shape index (κ3) is 3.88. The molecule has 0 heterocycles. The molecule has 0 spiro atoms. The topological polar surface area (TPSA) is 57.5 Å². The lowest BCUT2D eigenvalue weighted by Gasteiger charge is -1.96. The van der Waals surface area contributed by atoms with Gasteiger partial charge in [-0.25, -0.2) is 4.79 Å². The summed E-state index contributed by atoms with van der Waals surface area (Å²) in [4.78, 5) is 24.9. The molecule has 0 aromatic carbocycles. The van der Waals surface area contributed by atoms with Crippen molar-refractivity contribution in [2.45, 2.75) is 26.7 Å². The molecular formula is C6H10NO3. The van der Waals surface area contributed by atoms with Gasteiger partial charge in [-0.2, -0.15) is 0 Å². The molecule has 0 aromatic heterocycles. The van der Waals surface area contributed by atoms with Crippen LogP contribution in [0.15, 0.2) is 0 Å². The van der Waals surface area contributed by atoms with Crippen LogP contribution in [0.3, 0.4) is 0 Å². The van der Waals surface area contributed by atoms with Crippen LogP contribution in [0, 0.1) is 0 Å². The fraction of sp³-hybridized carbons (Fsp3) is 0.667. The smallest absolute Gasteiger partial charge is 0.315 e. The Balaban J connectivity index is 3.35. The van der Waals surface area contributed by atoms with E-state index in [0.717, 1.165) is 0 Å². The van der Waals surface area contributed by atoms with Crippen LogP contribution in [0.25, 0.3) is 0 Å². The van der Waals surface area contributed by atoms with E-state index in [1.807, 2.05) is 0 Å². The molecule has 57 valence electrons. The minimum atomic E-state index is -0.484. The van der Waals surface area contributed by atoms with Crippen molar-refractivity contribution in [1.29, 1.82) is 0 Å². The Hall–Kier alpha value is -1.06. The van der Waals surface area contributed by atoms with Crippen molar-refractivity contribution >= 4 is 11.9 Å². The Bertz CT molecular complexity index is 117. The van der Waals surface area contributed by atoms with Gasteiger partial charge in [0, 0.05) is 12.8 Å². The summed E-state index contributed by atoms with van der Waals surface area (Å²) >= 11 is 0. The van der Waals surface area contributed by atoms with Crippen LogP contribution in [-0.2, 0) is 14.4 Å². The molecule has 0 unspecified atom stereocenters. The molecule has 1 radical (unpaired) electrons. The lowest BCUT2D eigenvalue weighted by atomic mass is 10.5. The molecule has 0 saturated heterocycles. The molecule has 4 nitrogen and oxygen atoms in total. The van der Waals surface area contributed by atoms with E-state index in [-0.39, 0.29) is 12.8 Å². The number of nitrogens with zero attached hydrogens (tertiary/aromatic N) is 1. The van der Waals surface area contributed by atoms with Crippen molar-refractivity contribution in [3.05, 3.63) is 0 Å². The highest BCUT2D eigenvalue weighted by atomic mass is 16.7. The Morgan fingerprint density at radius 2 is 1.90 bits per heavy atom. The van der Waals surface area contributed by atoms with Crippen molar-refractivity contribution in [2.24, 2.45) is 0 Å². The van der Waals surface area contributed by atoms with E-state index < -0.39 is 11.9 Å². The zero-order valence-electron chi connectivity index (χ0n) is 6.09. The Morgan fingerprint density at radius 3 is 2.30 bits per heavy atom. The zero-order valence-corrected chi connectivity index (χ0v) is 6.09. The van der Waals surface area contributed by atoms with E-state index in [4.69, 9.17) is 0 Å². The van der Waals surface area contributed by atoms with Crippen LogP contribution in [0.1, 0.15) is 26.7 Å². The number of hydrogen-bond donors (Lipinski definition) is 0. The molecular weight excluding hydrogens is 134 g/mol. The van der Waals surface area contributed by atoms with Gasteiger partial charge in [-0.05, 0) is 5.48 Å². The van der Waals surface area contributed by atoms with Crippen LogP contribution in [-0.4, -0.2) is 11.9 Å². The van der Waals surface area contributed by atoms with Gasteiger partial charge < -0.3 is 4.84 Å². The number of amides is 1. The lowest BCUT2D eigenvalue weighted by molar-refractivity contribution is -0.158. The standard InChI is InChI=1S/C6H10NO3/c1-3-5(8)7-10-6(9)4-2/h3-4H2,1-2H3. The Kier molecular flexibility index (Phi) is 4.28. The van der Waals surface area contributed by atoms with Crippen molar-refractivity contribution < 1.29 is 14.4 Å². The highest BCUT2D eigenvalue weighted by molar-refractivity contribution is 5.77. The van der Waals surface area contributed by atoms with Gasteiger partial charge in [-0.15, -0.1) is 0 Å². The van der Waals surface area contributed by atoms with Crippen molar-refractivity contribution in [3.8, 4) is 0 Å². The monoisotopic (exact) mass is 144 g/mol. The molecule has 4 heteroatoms. The number of rotatable bonds is 2. The van der Waals surface area contributed by atoms with Gasteiger partial charge in [-0.1, -0.05) is 13.8 Å². The summed E-state index contributed by atoms with van der Waals surface area (Å²) in [7, 11) is 0. The van der Waals surface area contributed by atoms with Crippen LogP contribution in [0.2, 0.25) is 0 Å². The normalized spacial score (nSPS) is 8.60. The third-order valence-corrected chi connectivity index (χ3v) is 0.840. The molecule has 0 aliphatic rings. The van der Waals surface area contributed by atoms with E-state index >= 15 is 0 Å². The molecule has 0 atom stereocenters. The maximum atomic E-state index is 10.4. The first-order valence-electron chi connectivity index (χ1n) is 3.14. The van der Waals surface area contributed by atoms with Crippen molar-refractivity contribution in [2.75, 3.05) is 0 Å². The molecule has 0 saturated carbocycles. The van der Waals surface area contributed by atoms with Gasteiger partial charge in [0.05, 0.1) is 0 Å². The average molecular weight is 144 g/mol. The maximum absolute atomic E-state index is 10.4. The molecule has 0 bridgehead atoms. The fourth-order valence-electron chi connectivity index (χ4n) is 0.231. The molecule has 0 aromatic rings. The fourth-order valence-corrected chi connectivity index (χ4v) is 0.231. The summed E-state index contributed by atoms with van der Waals surface area (Å²) < 4.78 is 0. The van der Waals surface area contributed by atoms with Crippen LogP contribution in [0.4, 0.5) is 0 Å². The van der Waals surface area contributed by atoms with Gasteiger partial charge in [0.1, 0.15) is 0 Å². The molecule has 10 heavy (non-hydrogen) atoms. The number of hydroxylamine groups is 1. The summed E-state index contributed by atoms with van der Waals surface area (Å²) in [5, 5.41) is 0. The van der Waals surface area contributed by atoms with Crippen molar-refractivity contribution in [1.82, 2.24) is 5.48 Å². The van der Waals surface area contributed by atoms with E-state index in [1.165, 1.54) is 0 Å². The van der Waals surface area contributed by atoms with Gasteiger partial charge in [0.25, 0.3) is 5.91 Å². The SMILES string of the molecule is CCC(=O)[N]OC(=O)CC. The Labute approximate surface area is 59.5 Å². The summed E-state index contributed by atoms with van der Waals surface area (Å²) in [6.07, 6.45) is 0.498. The molecule has 0 fully saturated rings. The number of carbonyl (C=O) groups is 2. The molecule has 0 aliphatic carbocycles. The quantitative estimate of drug-likeness (QED) is 0.527. The summed E-state index contributed by atoms with van der Waals surface area (Å²) in [6, 6.07) is 0.